The van der Waals surface area contributed by atoms with E-state index in [9.17, 15) is 0 Å². The Bertz CT molecular complexity index is 456. The predicted octanol–water partition coefficient (Wildman–Crippen LogP) is 3.46. The molecule has 0 radical (unpaired) electrons. The van der Waals surface area contributed by atoms with E-state index < -0.39 is 0 Å². The van der Waals surface area contributed by atoms with Crippen molar-refractivity contribution in [2.75, 3.05) is 7.11 Å². The Morgan fingerprint density at radius 3 is 2.90 bits per heavy atom. The fourth-order valence-electron chi connectivity index (χ4n) is 2.43. The molecule has 2 unspecified atom stereocenters. The Morgan fingerprint density at radius 1 is 1.40 bits per heavy atom. The van der Waals surface area contributed by atoms with E-state index in [2.05, 4.69) is 19.1 Å². The van der Waals surface area contributed by atoms with Crippen molar-refractivity contribution in [2.24, 2.45) is 5.73 Å². The van der Waals surface area contributed by atoms with Gasteiger partial charge in [0, 0.05) is 6.04 Å². The topological polar surface area (TPSA) is 44.5 Å². The highest BCUT2D eigenvalue weighted by Gasteiger charge is 2.14. The molecule has 3 nitrogen and oxygen atoms in total. The van der Waals surface area contributed by atoms with E-state index in [1.807, 2.05) is 18.2 Å². The van der Waals surface area contributed by atoms with Crippen molar-refractivity contribution in [1.82, 2.24) is 0 Å². The zero-order valence-corrected chi connectivity index (χ0v) is 12.5. The number of rotatable bonds is 6. The SMILES string of the molecule is CCC(N)Cc1cc(OC)ccc1OC1C=CCCC1. The smallest absolute Gasteiger partial charge is 0.123 e. The molecular formula is C17H25NO2. The van der Waals surface area contributed by atoms with E-state index in [1.54, 1.807) is 7.11 Å². The van der Waals surface area contributed by atoms with Crippen molar-refractivity contribution in [3.05, 3.63) is 35.9 Å². The van der Waals surface area contributed by atoms with Crippen LogP contribution in [0.3, 0.4) is 0 Å². The summed E-state index contributed by atoms with van der Waals surface area (Å²) in [6, 6.07) is 6.14. The fraction of sp³-hybridized carbons (Fsp3) is 0.529. The van der Waals surface area contributed by atoms with E-state index in [0.717, 1.165) is 42.7 Å². The highest BCUT2D eigenvalue weighted by molar-refractivity contribution is 5.41. The molecule has 0 fully saturated rings. The summed E-state index contributed by atoms with van der Waals surface area (Å²) in [5.74, 6) is 1.79. The van der Waals surface area contributed by atoms with Crippen LogP contribution in [0.25, 0.3) is 0 Å². The number of benzene rings is 1. The van der Waals surface area contributed by atoms with Crippen molar-refractivity contribution in [1.29, 1.82) is 0 Å². The zero-order chi connectivity index (χ0) is 14.4. The van der Waals surface area contributed by atoms with Crippen LogP contribution in [0.1, 0.15) is 38.2 Å². The average Bonchev–Trinajstić information content (AvgIpc) is 2.50. The number of nitrogens with two attached hydrogens (primary N) is 1. The molecule has 2 N–H and O–H groups in total. The minimum Gasteiger partial charge on any atom is -0.497 e. The van der Waals surface area contributed by atoms with Gasteiger partial charge in [-0.1, -0.05) is 13.0 Å². The first-order valence-corrected chi connectivity index (χ1v) is 7.48. The molecular weight excluding hydrogens is 250 g/mol. The molecule has 1 aliphatic carbocycles. The van der Waals surface area contributed by atoms with Crippen LogP contribution in [-0.2, 0) is 6.42 Å². The maximum absolute atomic E-state index is 6.13. The van der Waals surface area contributed by atoms with Gasteiger partial charge in [-0.25, -0.2) is 0 Å². The van der Waals surface area contributed by atoms with Crippen LogP contribution in [0.5, 0.6) is 11.5 Å². The first kappa shape index (κ1) is 14.9. The third kappa shape index (κ3) is 4.01. The second-order valence-corrected chi connectivity index (χ2v) is 5.36. The third-order valence-electron chi connectivity index (χ3n) is 3.76. The van der Waals surface area contributed by atoms with Gasteiger partial charge in [-0.15, -0.1) is 0 Å². The van der Waals surface area contributed by atoms with Crippen LogP contribution in [0.2, 0.25) is 0 Å². The molecule has 1 aromatic carbocycles. The van der Waals surface area contributed by atoms with Gasteiger partial charge < -0.3 is 15.2 Å². The lowest BCUT2D eigenvalue weighted by molar-refractivity contribution is 0.227. The van der Waals surface area contributed by atoms with Gasteiger partial charge in [0.2, 0.25) is 0 Å². The average molecular weight is 275 g/mol. The Kier molecular flexibility index (Phi) is 5.48. The summed E-state index contributed by atoms with van der Waals surface area (Å²) in [4.78, 5) is 0. The van der Waals surface area contributed by atoms with E-state index in [0.29, 0.717) is 0 Å². The van der Waals surface area contributed by atoms with Gasteiger partial charge in [-0.3, -0.25) is 0 Å². The van der Waals surface area contributed by atoms with Crippen LogP contribution in [-0.4, -0.2) is 19.3 Å². The number of hydrogen-bond acceptors (Lipinski definition) is 3. The minimum atomic E-state index is 0.159. The van der Waals surface area contributed by atoms with Crippen LogP contribution in [0.4, 0.5) is 0 Å². The van der Waals surface area contributed by atoms with Crippen LogP contribution < -0.4 is 15.2 Å². The summed E-state index contributed by atoms with van der Waals surface area (Å²) in [5, 5.41) is 0. The highest BCUT2D eigenvalue weighted by Crippen LogP contribution is 2.28. The molecule has 3 heteroatoms. The van der Waals surface area contributed by atoms with Gasteiger partial charge in [0.25, 0.3) is 0 Å². The zero-order valence-electron chi connectivity index (χ0n) is 12.5. The molecule has 1 aromatic rings. The molecule has 2 atom stereocenters. The van der Waals surface area contributed by atoms with Crippen molar-refractivity contribution in [3.63, 3.8) is 0 Å². The summed E-state index contributed by atoms with van der Waals surface area (Å²) >= 11 is 0. The quantitative estimate of drug-likeness (QED) is 0.809. The van der Waals surface area contributed by atoms with Crippen LogP contribution in [0.15, 0.2) is 30.4 Å². The number of ether oxygens (including phenoxy) is 2. The number of allylic oxidation sites excluding steroid dienone is 1. The molecule has 0 spiro atoms. The normalized spacial score (nSPS) is 19.6. The Morgan fingerprint density at radius 2 is 2.25 bits per heavy atom. The molecule has 0 bridgehead atoms. The molecule has 0 amide bonds. The van der Waals surface area contributed by atoms with Gasteiger partial charge in [0.1, 0.15) is 17.6 Å². The first-order valence-electron chi connectivity index (χ1n) is 7.48. The lowest BCUT2D eigenvalue weighted by atomic mass is 10.0. The summed E-state index contributed by atoms with van der Waals surface area (Å²) in [7, 11) is 1.68. The van der Waals surface area contributed by atoms with E-state index in [1.165, 1.54) is 6.42 Å². The Labute approximate surface area is 121 Å². The van der Waals surface area contributed by atoms with Gasteiger partial charge in [-0.05, 0) is 61.9 Å². The summed E-state index contributed by atoms with van der Waals surface area (Å²) < 4.78 is 11.4. The summed E-state index contributed by atoms with van der Waals surface area (Å²) in [6.45, 7) is 2.11. The monoisotopic (exact) mass is 275 g/mol. The van der Waals surface area contributed by atoms with Gasteiger partial charge >= 0.3 is 0 Å². The second-order valence-electron chi connectivity index (χ2n) is 5.36. The standard InChI is InChI=1S/C17H25NO2/c1-3-14(18)11-13-12-16(19-2)9-10-17(13)20-15-7-5-4-6-8-15/h5,7,9-10,12,14-15H,3-4,6,8,11,18H2,1-2H3. The lowest BCUT2D eigenvalue weighted by Crippen LogP contribution is -2.23. The largest absolute Gasteiger partial charge is 0.497 e. The Balaban J connectivity index is 2.16. The molecule has 0 saturated heterocycles. The maximum Gasteiger partial charge on any atom is 0.123 e. The lowest BCUT2D eigenvalue weighted by Gasteiger charge is -2.22. The maximum atomic E-state index is 6.13. The molecule has 0 heterocycles. The summed E-state index contributed by atoms with van der Waals surface area (Å²) in [6.07, 6.45) is 9.78. The number of methoxy groups -OCH3 is 1. The molecule has 2 rings (SSSR count). The molecule has 0 aliphatic heterocycles. The highest BCUT2D eigenvalue weighted by atomic mass is 16.5. The minimum absolute atomic E-state index is 0.159. The third-order valence-corrected chi connectivity index (χ3v) is 3.76. The van der Waals surface area contributed by atoms with Crippen molar-refractivity contribution < 1.29 is 9.47 Å². The molecule has 0 saturated carbocycles. The fourth-order valence-corrected chi connectivity index (χ4v) is 2.43. The first-order chi connectivity index (χ1) is 9.72. The van der Waals surface area contributed by atoms with Crippen molar-refractivity contribution >= 4 is 0 Å². The van der Waals surface area contributed by atoms with E-state index >= 15 is 0 Å². The van der Waals surface area contributed by atoms with Gasteiger partial charge in [-0.2, -0.15) is 0 Å². The van der Waals surface area contributed by atoms with Gasteiger partial charge in [0.15, 0.2) is 0 Å². The van der Waals surface area contributed by atoms with E-state index in [4.69, 9.17) is 15.2 Å². The molecule has 20 heavy (non-hydrogen) atoms. The second kappa shape index (κ2) is 7.34. The molecule has 110 valence electrons. The van der Waals surface area contributed by atoms with E-state index in [-0.39, 0.29) is 12.1 Å². The van der Waals surface area contributed by atoms with Crippen molar-refractivity contribution in [3.8, 4) is 11.5 Å². The number of hydrogen-bond donors (Lipinski definition) is 1. The molecule has 1 aliphatic rings. The predicted molar refractivity (Wildman–Crippen MR) is 82.4 cm³/mol. The summed E-state index contributed by atoms with van der Waals surface area (Å²) in [5.41, 5.74) is 7.22. The van der Waals surface area contributed by atoms with Gasteiger partial charge in [0.05, 0.1) is 7.11 Å². The van der Waals surface area contributed by atoms with Crippen LogP contribution in [0, 0.1) is 0 Å². The Hall–Kier alpha value is -1.48. The van der Waals surface area contributed by atoms with Crippen molar-refractivity contribution in [2.45, 2.75) is 51.2 Å². The molecule has 0 aromatic heterocycles. The van der Waals surface area contributed by atoms with Crippen LogP contribution >= 0.6 is 0 Å².